The van der Waals surface area contributed by atoms with Crippen molar-refractivity contribution in [1.82, 2.24) is 4.90 Å². The molecule has 0 atom stereocenters. The monoisotopic (exact) mass is 233 g/mol. The molecule has 0 fully saturated rings. The lowest BCUT2D eigenvalue weighted by Crippen LogP contribution is -2.39. The molecular formula is C12H27NO3. The molecule has 0 saturated carbocycles. The first-order chi connectivity index (χ1) is 7.79. The van der Waals surface area contributed by atoms with Gasteiger partial charge in [0.25, 0.3) is 0 Å². The fourth-order valence-electron chi connectivity index (χ4n) is 1.84. The first-order valence-corrected chi connectivity index (χ1v) is 6.21. The van der Waals surface area contributed by atoms with Crippen molar-refractivity contribution in [2.45, 2.75) is 32.7 Å². The number of hydrogen-bond donors (Lipinski definition) is 1. The average Bonchev–Trinajstić information content (AvgIpc) is 2.30. The minimum absolute atomic E-state index is 0.217. The summed E-state index contributed by atoms with van der Waals surface area (Å²) in [6.45, 7) is 8.21. The summed E-state index contributed by atoms with van der Waals surface area (Å²) in [6.07, 6.45) is 2.24. The zero-order chi connectivity index (χ0) is 12.2. The summed E-state index contributed by atoms with van der Waals surface area (Å²) in [5, 5.41) is 9.01. The molecule has 0 spiro atoms. The molecule has 4 nitrogen and oxygen atoms in total. The molecular weight excluding hydrogens is 206 g/mol. The van der Waals surface area contributed by atoms with Crippen LogP contribution >= 0.6 is 0 Å². The van der Waals surface area contributed by atoms with Crippen LogP contribution in [0.4, 0.5) is 0 Å². The third-order valence-corrected chi connectivity index (χ3v) is 2.80. The highest BCUT2D eigenvalue weighted by Crippen LogP contribution is 2.07. The Morgan fingerprint density at radius 2 is 1.75 bits per heavy atom. The van der Waals surface area contributed by atoms with Crippen molar-refractivity contribution in [1.29, 1.82) is 0 Å². The number of hydrogen-bond acceptors (Lipinski definition) is 4. The van der Waals surface area contributed by atoms with E-state index in [0.29, 0.717) is 25.9 Å². The average molecular weight is 233 g/mol. The van der Waals surface area contributed by atoms with E-state index < -0.39 is 0 Å². The third-order valence-electron chi connectivity index (χ3n) is 2.80. The molecule has 0 aromatic heterocycles. The van der Waals surface area contributed by atoms with E-state index in [2.05, 4.69) is 18.7 Å². The minimum Gasteiger partial charge on any atom is -0.395 e. The fraction of sp³-hybridized carbons (Fsp3) is 1.00. The lowest BCUT2D eigenvalue weighted by Gasteiger charge is -2.29. The summed E-state index contributed by atoms with van der Waals surface area (Å²) in [5.41, 5.74) is 0. The highest BCUT2D eigenvalue weighted by Gasteiger charge is 2.13. The summed E-state index contributed by atoms with van der Waals surface area (Å²) in [7, 11) is 1.67. The molecule has 0 amide bonds. The quantitative estimate of drug-likeness (QED) is 0.543. The van der Waals surface area contributed by atoms with E-state index >= 15 is 0 Å². The van der Waals surface area contributed by atoms with Gasteiger partial charge in [-0.05, 0) is 12.8 Å². The molecule has 0 saturated heterocycles. The molecule has 0 aromatic rings. The Labute approximate surface area is 99.5 Å². The molecule has 0 heterocycles. The second-order valence-electron chi connectivity index (χ2n) is 3.84. The van der Waals surface area contributed by atoms with Crippen LogP contribution in [0.5, 0.6) is 0 Å². The van der Waals surface area contributed by atoms with Crippen LogP contribution in [-0.4, -0.2) is 62.7 Å². The van der Waals surface area contributed by atoms with Crippen LogP contribution in [0, 0.1) is 0 Å². The van der Waals surface area contributed by atoms with Crippen LogP contribution in [0.15, 0.2) is 0 Å². The van der Waals surface area contributed by atoms with Crippen LogP contribution in [0.1, 0.15) is 26.7 Å². The Kier molecular flexibility index (Phi) is 11.2. The maximum absolute atomic E-state index is 9.01. The molecule has 0 bridgehead atoms. The number of ether oxygens (including phenoxy) is 2. The number of rotatable bonds is 11. The van der Waals surface area contributed by atoms with E-state index in [1.807, 2.05) is 0 Å². The largest absolute Gasteiger partial charge is 0.395 e. The third kappa shape index (κ3) is 7.17. The van der Waals surface area contributed by atoms with Gasteiger partial charge < -0.3 is 14.6 Å². The van der Waals surface area contributed by atoms with Crippen molar-refractivity contribution in [3.05, 3.63) is 0 Å². The van der Waals surface area contributed by atoms with Gasteiger partial charge in [-0.25, -0.2) is 0 Å². The van der Waals surface area contributed by atoms with Gasteiger partial charge in [0.05, 0.1) is 26.4 Å². The van der Waals surface area contributed by atoms with Crippen molar-refractivity contribution >= 4 is 0 Å². The van der Waals surface area contributed by atoms with E-state index in [1.165, 1.54) is 0 Å². The first-order valence-electron chi connectivity index (χ1n) is 6.21. The Hall–Kier alpha value is -0.160. The number of nitrogens with zero attached hydrogens (tertiary/aromatic N) is 1. The van der Waals surface area contributed by atoms with Gasteiger partial charge in [-0.15, -0.1) is 0 Å². The lowest BCUT2D eigenvalue weighted by molar-refractivity contribution is 0.0439. The van der Waals surface area contributed by atoms with E-state index in [-0.39, 0.29) is 6.61 Å². The maximum atomic E-state index is 9.01. The molecule has 0 aliphatic carbocycles. The molecule has 0 aromatic carbocycles. The molecule has 0 radical (unpaired) electrons. The Morgan fingerprint density at radius 1 is 1.06 bits per heavy atom. The molecule has 1 N–H and O–H groups in total. The van der Waals surface area contributed by atoms with Gasteiger partial charge in [-0.3, -0.25) is 4.90 Å². The van der Waals surface area contributed by atoms with Crippen molar-refractivity contribution in [3.63, 3.8) is 0 Å². The zero-order valence-corrected chi connectivity index (χ0v) is 10.9. The van der Waals surface area contributed by atoms with Gasteiger partial charge in [0.15, 0.2) is 0 Å². The molecule has 0 unspecified atom stereocenters. The summed E-state index contributed by atoms with van der Waals surface area (Å²) in [6, 6.07) is 0.554. The molecule has 0 aliphatic rings. The molecule has 16 heavy (non-hydrogen) atoms. The number of methoxy groups -OCH3 is 1. The predicted molar refractivity (Wildman–Crippen MR) is 65.7 cm³/mol. The second kappa shape index (κ2) is 11.3. The smallest absolute Gasteiger partial charge is 0.0700 e. The Balaban J connectivity index is 3.74. The molecule has 98 valence electrons. The van der Waals surface area contributed by atoms with E-state index in [9.17, 15) is 0 Å². The van der Waals surface area contributed by atoms with Crippen molar-refractivity contribution in [2.75, 3.05) is 46.6 Å². The van der Waals surface area contributed by atoms with E-state index in [4.69, 9.17) is 14.6 Å². The second-order valence-corrected chi connectivity index (χ2v) is 3.84. The van der Waals surface area contributed by atoms with Crippen molar-refractivity contribution in [3.8, 4) is 0 Å². The van der Waals surface area contributed by atoms with Crippen LogP contribution in [0.25, 0.3) is 0 Å². The number of aliphatic hydroxyl groups excluding tert-OH is 1. The van der Waals surface area contributed by atoms with Crippen LogP contribution in [-0.2, 0) is 9.47 Å². The lowest BCUT2D eigenvalue weighted by atomic mass is 10.1. The van der Waals surface area contributed by atoms with Gasteiger partial charge in [0, 0.05) is 26.2 Å². The van der Waals surface area contributed by atoms with E-state index in [1.54, 1.807) is 7.11 Å². The summed E-state index contributed by atoms with van der Waals surface area (Å²) >= 11 is 0. The predicted octanol–water partition coefficient (Wildman–Crippen LogP) is 1.13. The Bertz CT molecular complexity index is 140. The van der Waals surface area contributed by atoms with Crippen molar-refractivity contribution < 1.29 is 14.6 Å². The van der Waals surface area contributed by atoms with Crippen LogP contribution in [0.2, 0.25) is 0 Å². The highest BCUT2D eigenvalue weighted by atomic mass is 16.5. The molecule has 4 heteroatoms. The van der Waals surface area contributed by atoms with E-state index in [0.717, 1.165) is 25.9 Å². The van der Waals surface area contributed by atoms with Crippen LogP contribution < -0.4 is 0 Å². The molecule has 0 aliphatic heterocycles. The molecule has 0 rings (SSSR count). The van der Waals surface area contributed by atoms with Crippen LogP contribution in [0.3, 0.4) is 0 Å². The van der Waals surface area contributed by atoms with Gasteiger partial charge >= 0.3 is 0 Å². The normalized spacial score (nSPS) is 11.6. The highest BCUT2D eigenvalue weighted by molar-refractivity contribution is 4.68. The summed E-state index contributed by atoms with van der Waals surface area (Å²) in [5.74, 6) is 0. The van der Waals surface area contributed by atoms with Gasteiger partial charge in [0.2, 0.25) is 0 Å². The fourth-order valence-corrected chi connectivity index (χ4v) is 1.84. The zero-order valence-electron chi connectivity index (χ0n) is 10.9. The SMILES string of the molecule is CCC(CC)N(CCO)CCOCCOC. The summed E-state index contributed by atoms with van der Waals surface area (Å²) < 4.78 is 10.3. The van der Waals surface area contributed by atoms with Gasteiger partial charge in [0.1, 0.15) is 0 Å². The van der Waals surface area contributed by atoms with Gasteiger partial charge in [-0.1, -0.05) is 13.8 Å². The first kappa shape index (κ1) is 15.8. The Morgan fingerprint density at radius 3 is 2.25 bits per heavy atom. The topological polar surface area (TPSA) is 41.9 Å². The van der Waals surface area contributed by atoms with Crippen molar-refractivity contribution in [2.24, 2.45) is 0 Å². The number of aliphatic hydroxyl groups is 1. The minimum atomic E-state index is 0.217. The summed E-state index contributed by atoms with van der Waals surface area (Å²) in [4.78, 5) is 2.30. The standard InChI is InChI=1S/C12H27NO3/c1-4-12(5-2)13(6-8-14)7-9-16-11-10-15-3/h12,14H,4-11H2,1-3H3. The van der Waals surface area contributed by atoms with Gasteiger partial charge in [-0.2, -0.15) is 0 Å². The maximum Gasteiger partial charge on any atom is 0.0700 e.